The van der Waals surface area contributed by atoms with Gasteiger partial charge in [-0.15, -0.1) is 0 Å². The minimum Gasteiger partial charge on any atom is -0.489 e. The van der Waals surface area contributed by atoms with Crippen LogP contribution in [0.5, 0.6) is 11.5 Å². The first kappa shape index (κ1) is 13.6. The summed E-state index contributed by atoms with van der Waals surface area (Å²) in [6.07, 6.45) is -0.704. The molecule has 1 aliphatic rings. The molecule has 1 unspecified atom stereocenters. The van der Waals surface area contributed by atoms with Crippen LogP contribution in [0.15, 0.2) is 16.6 Å². The second-order valence-electron chi connectivity index (χ2n) is 5.31. The maximum atomic E-state index is 9.83. The van der Waals surface area contributed by atoms with Crippen molar-refractivity contribution in [2.75, 3.05) is 19.8 Å². The van der Waals surface area contributed by atoms with Crippen LogP contribution in [-0.2, 0) is 0 Å². The van der Waals surface area contributed by atoms with Crippen molar-refractivity contribution in [2.24, 2.45) is 11.1 Å². The summed E-state index contributed by atoms with van der Waals surface area (Å²) >= 11 is 3.42. The highest BCUT2D eigenvalue weighted by atomic mass is 79.9. The molecule has 1 atom stereocenters. The summed E-state index contributed by atoms with van der Waals surface area (Å²) in [6.45, 7) is 5.53. The van der Waals surface area contributed by atoms with Crippen LogP contribution in [0.1, 0.15) is 25.5 Å². The lowest BCUT2D eigenvalue weighted by molar-refractivity contribution is 0.140. The number of aliphatic hydroxyl groups is 1. The molecule has 0 radical (unpaired) electrons. The second kappa shape index (κ2) is 5.07. The van der Waals surface area contributed by atoms with Crippen LogP contribution in [-0.4, -0.2) is 24.9 Å². The zero-order valence-corrected chi connectivity index (χ0v) is 12.2. The fraction of sp³-hybridized carbons (Fsp3) is 0.538. The van der Waals surface area contributed by atoms with Crippen molar-refractivity contribution in [1.29, 1.82) is 0 Å². The van der Waals surface area contributed by atoms with Crippen molar-refractivity contribution in [2.45, 2.75) is 20.0 Å². The molecular formula is C13H18BrNO3. The van der Waals surface area contributed by atoms with E-state index in [0.29, 0.717) is 24.7 Å². The van der Waals surface area contributed by atoms with Gasteiger partial charge in [0.1, 0.15) is 0 Å². The number of aliphatic hydroxyl groups excluding tert-OH is 1. The number of fused-ring (bicyclic) bond motifs is 1. The molecule has 1 heterocycles. The zero-order valence-electron chi connectivity index (χ0n) is 10.6. The molecule has 0 saturated heterocycles. The maximum Gasteiger partial charge on any atom is 0.162 e. The van der Waals surface area contributed by atoms with E-state index in [0.717, 1.165) is 10.0 Å². The number of rotatable bonds is 2. The van der Waals surface area contributed by atoms with Gasteiger partial charge in [-0.25, -0.2) is 0 Å². The Labute approximate surface area is 115 Å². The van der Waals surface area contributed by atoms with Crippen molar-refractivity contribution >= 4 is 15.9 Å². The van der Waals surface area contributed by atoms with Crippen LogP contribution in [0, 0.1) is 5.41 Å². The van der Waals surface area contributed by atoms with Gasteiger partial charge in [-0.2, -0.15) is 0 Å². The van der Waals surface area contributed by atoms with Gasteiger partial charge < -0.3 is 20.3 Å². The number of ether oxygens (including phenoxy) is 2. The maximum absolute atomic E-state index is 9.83. The molecule has 100 valence electrons. The number of hydrogen-bond donors (Lipinski definition) is 2. The average molecular weight is 316 g/mol. The van der Waals surface area contributed by atoms with Crippen LogP contribution >= 0.6 is 15.9 Å². The summed E-state index contributed by atoms with van der Waals surface area (Å²) in [7, 11) is 0. The fourth-order valence-corrected chi connectivity index (χ4v) is 2.33. The van der Waals surface area contributed by atoms with Crippen molar-refractivity contribution in [3.05, 3.63) is 22.2 Å². The van der Waals surface area contributed by atoms with Crippen LogP contribution in [0.25, 0.3) is 0 Å². The molecule has 0 spiro atoms. The molecular weight excluding hydrogens is 298 g/mol. The molecule has 0 aliphatic carbocycles. The topological polar surface area (TPSA) is 64.7 Å². The molecule has 4 nitrogen and oxygen atoms in total. The summed E-state index contributed by atoms with van der Waals surface area (Å²) in [5, 5.41) is 9.83. The van der Waals surface area contributed by atoms with E-state index in [1.807, 2.05) is 6.07 Å². The first-order chi connectivity index (χ1) is 8.43. The predicted octanol–water partition coefficient (Wildman–Crippen LogP) is 2.24. The minimum atomic E-state index is -0.704. The van der Waals surface area contributed by atoms with Gasteiger partial charge in [0.05, 0.1) is 19.3 Å². The predicted molar refractivity (Wildman–Crippen MR) is 72.9 cm³/mol. The Kier molecular flexibility index (Phi) is 3.84. The average Bonchev–Trinajstić information content (AvgIpc) is 2.47. The number of halogens is 1. The third kappa shape index (κ3) is 2.79. The monoisotopic (exact) mass is 315 g/mol. The van der Waals surface area contributed by atoms with Gasteiger partial charge in [0.2, 0.25) is 0 Å². The molecule has 0 fully saturated rings. The van der Waals surface area contributed by atoms with E-state index in [1.165, 1.54) is 0 Å². The van der Waals surface area contributed by atoms with E-state index in [2.05, 4.69) is 29.8 Å². The molecule has 0 amide bonds. The first-order valence-electron chi connectivity index (χ1n) is 5.90. The Morgan fingerprint density at radius 2 is 1.89 bits per heavy atom. The number of nitrogens with two attached hydrogens (primary N) is 1. The molecule has 2 rings (SSSR count). The van der Waals surface area contributed by atoms with Gasteiger partial charge in [0, 0.05) is 16.4 Å². The highest BCUT2D eigenvalue weighted by molar-refractivity contribution is 9.10. The van der Waals surface area contributed by atoms with Crippen LogP contribution in [0.2, 0.25) is 0 Å². The lowest BCUT2D eigenvalue weighted by atomic mass is 9.97. The summed E-state index contributed by atoms with van der Waals surface area (Å²) in [4.78, 5) is 0. The Hall–Kier alpha value is -0.780. The van der Waals surface area contributed by atoms with Crippen molar-refractivity contribution in [3.8, 4) is 11.5 Å². The Morgan fingerprint density at radius 3 is 2.44 bits per heavy atom. The summed E-state index contributed by atoms with van der Waals surface area (Å²) in [5.41, 5.74) is 6.17. The van der Waals surface area contributed by atoms with Gasteiger partial charge in [-0.1, -0.05) is 29.8 Å². The zero-order chi connectivity index (χ0) is 13.3. The third-order valence-corrected chi connectivity index (χ3v) is 3.57. The van der Waals surface area contributed by atoms with Crippen molar-refractivity contribution in [3.63, 3.8) is 0 Å². The SMILES string of the molecule is CC1(C)COc2cc(Br)c(C(O)CN)cc2OC1. The molecule has 1 aromatic rings. The Balaban J connectivity index is 2.35. The molecule has 1 aromatic carbocycles. The smallest absolute Gasteiger partial charge is 0.162 e. The van der Waals surface area contributed by atoms with Gasteiger partial charge in [0.25, 0.3) is 0 Å². The molecule has 3 N–H and O–H groups in total. The molecule has 5 heteroatoms. The summed E-state index contributed by atoms with van der Waals surface area (Å²) in [6, 6.07) is 3.61. The molecule has 18 heavy (non-hydrogen) atoms. The molecule has 0 bridgehead atoms. The molecule has 0 aromatic heterocycles. The van der Waals surface area contributed by atoms with Gasteiger partial charge in [0.15, 0.2) is 11.5 Å². The van der Waals surface area contributed by atoms with Gasteiger partial charge in [-0.05, 0) is 17.7 Å². The van der Waals surface area contributed by atoms with E-state index in [4.69, 9.17) is 15.2 Å². The normalized spacial score (nSPS) is 19.2. The second-order valence-corrected chi connectivity index (χ2v) is 6.17. The lowest BCUT2D eigenvalue weighted by Gasteiger charge is -2.19. The molecule has 0 saturated carbocycles. The van der Waals surface area contributed by atoms with E-state index in [-0.39, 0.29) is 12.0 Å². The fourth-order valence-electron chi connectivity index (χ4n) is 1.75. The van der Waals surface area contributed by atoms with E-state index in [9.17, 15) is 5.11 Å². The largest absolute Gasteiger partial charge is 0.489 e. The van der Waals surface area contributed by atoms with E-state index >= 15 is 0 Å². The van der Waals surface area contributed by atoms with E-state index < -0.39 is 6.10 Å². The Bertz CT molecular complexity index is 448. The van der Waals surface area contributed by atoms with Gasteiger partial charge >= 0.3 is 0 Å². The third-order valence-electron chi connectivity index (χ3n) is 2.88. The van der Waals surface area contributed by atoms with E-state index in [1.54, 1.807) is 6.07 Å². The van der Waals surface area contributed by atoms with Crippen LogP contribution in [0.4, 0.5) is 0 Å². The summed E-state index contributed by atoms with van der Waals surface area (Å²) in [5.74, 6) is 1.35. The summed E-state index contributed by atoms with van der Waals surface area (Å²) < 4.78 is 12.3. The Morgan fingerprint density at radius 1 is 1.33 bits per heavy atom. The number of hydrogen-bond acceptors (Lipinski definition) is 4. The quantitative estimate of drug-likeness (QED) is 0.878. The van der Waals surface area contributed by atoms with Crippen molar-refractivity contribution < 1.29 is 14.6 Å². The number of benzene rings is 1. The lowest BCUT2D eigenvalue weighted by Crippen LogP contribution is -2.26. The van der Waals surface area contributed by atoms with Crippen LogP contribution < -0.4 is 15.2 Å². The van der Waals surface area contributed by atoms with Gasteiger partial charge in [-0.3, -0.25) is 0 Å². The highest BCUT2D eigenvalue weighted by Gasteiger charge is 2.26. The standard InChI is InChI=1S/C13H18BrNO3/c1-13(2)6-17-11-3-8(10(16)5-15)9(14)4-12(11)18-7-13/h3-4,10,16H,5-7,15H2,1-2H3. The molecule has 1 aliphatic heterocycles. The highest BCUT2D eigenvalue weighted by Crippen LogP contribution is 2.39. The minimum absolute atomic E-state index is 0.0296. The first-order valence-corrected chi connectivity index (χ1v) is 6.69. The van der Waals surface area contributed by atoms with Crippen molar-refractivity contribution in [1.82, 2.24) is 0 Å². The van der Waals surface area contributed by atoms with Crippen LogP contribution in [0.3, 0.4) is 0 Å².